The van der Waals surface area contributed by atoms with E-state index in [1.807, 2.05) is 6.92 Å². The molecule has 2 aliphatic rings. The van der Waals surface area contributed by atoms with Crippen LogP contribution in [0.5, 0.6) is 0 Å². The minimum Gasteiger partial charge on any atom is -0.379 e. The summed E-state index contributed by atoms with van der Waals surface area (Å²) in [6.07, 6.45) is 2.03. The van der Waals surface area contributed by atoms with Crippen LogP contribution in [0, 0.1) is 0 Å². The molecule has 1 amide bonds. The van der Waals surface area contributed by atoms with Gasteiger partial charge >= 0.3 is 0 Å². The Hall–Kier alpha value is -1.52. The first-order chi connectivity index (χ1) is 14.3. The number of sulfonamides is 1. The molecule has 2 heterocycles. The topological polar surface area (TPSA) is 91.0 Å². The highest BCUT2D eigenvalue weighted by atomic mass is 32.2. The molecule has 0 spiro atoms. The Labute approximate surface area is 180 Å². The molecule has 1 atom stereocenters. The van der Waals surface area contributed by atoms with Gasteiger partial charge in [-0.05, 0) is 38.0 Å². The van der Waals surface area contributed by atoms with Gasteiger partial charge in [-0.25, -0.2) is 8.42 Å². The Morgan fingerprint density at radius 3 is 2.40 bits per heavy atom. The zero-order valence-electron chi connectivity index (χ0n) is 18.1. The maximum Gasteiger partial charge on any atom is 0.243 e. The average Bonchev–Trinajstić information content (AvgIpc) is 2.74. The van der Waals surface area contributed by atoms with Gasteiger partial charge in [0.05, 0.1) is 24.2 Å². The molecule has 1 unspecified atom stereocenters. The highest BCUT2D eigenvalue weighted by Gasteiger charge is 2.28. The van der Waals surface area contributed by atoms with E-state index in [1.54, 1.807) is 18.2 Å². The molecule has 2 aliphatic heterocycles. The molecule has 0 bridgehead atoms. The van der Waals surface area contributed by atoms with Gasteiger partial charge in [-0.1, -0.05) is 19.9 Å². The number of likely N-dealkylation sites (tertiary alicyclic amines) is 1. The summed E-state index contributed by atoms with van der Waals surface area (Å²) >= 11 is 0. The number of carbonyl (C=O) groups excluding carboxylic acids is 1. The van der Waals surface area contributed by atoms with Crippen LogP contribution in [0.2, 0.25) is 0 Å². The Kier molecular flexibility index (Phi) is 7.86. The minimum absolute atomic E-state index is 0.119. The molecule has 2 fully saturated rings. The number of amides is 1. The smallest absolute Gasteiger partial charge is 0.243 e. The molecule has 0 aromatic heterocycles. The fourth-order valence-electron chi connectivity index (χ4n) is 4.01. The largest absolute Gasteiger partial charge is 0.379 e. The van der Waals surface area contributed by atoms with Crippen molar-refractivity contribution in [2.45, 2.75) is 56.6 Å². The van der Waals surface area contributed by atoms with Crippen molar-refractivity contribution in [1.82, 2.24) is 14.5 Å². The number of benzene rings is 1. The van der Waals surface area contributed by atoms with Crippen molar-refractivity contribution in [3.8, 4) is 0 Å². The quantitative estimate of drug-likeness (QED) is 0.670. The van der Waals surface area contributed by atoms with Crippen LogP contribution in [0.4, 0.5) is 5.69 Å². The summed E-state index contributed by atoms with van der Waals surface area (Å²) in [5.74, 6) is -0.119. The van der Waals surface area contributed by atoms with E-state index in [9.17, 15) is 13.2 Å². The number of rotatable bonds is 7. The van der Waals surface area contributed by atoms with Crippen molar-refractivity contribution >= 4 is 21.6 Å². The summed E-state index contributed by atoms with van der Waals surface area (Å²) in [7, 11) is -3.59. The van der Waals surface area contributed by atoms with Gasteiger partial charge in [0.1, 0.15) is 0 Å². The molecule has 3 rings (SSSR count). The lowest BCUT2D eigenvalue weighted by atomic mass is 10.0. The lowest BCUT2D eigenvalue weighted by molar-refractivity contribution is -0.121. The number of nitrogens with one attached hydrogen (secondary N) is 2. The lowest BCUT2D eigenvalue weighted by Gasteiger charge is -2.36. The number of hydrogen-bond donors (Lipinski definition) is 2. The number of anilines is 1. The molecule has 0 aliphatic carbocycles. The van der Waals surface area contributed by atoms with Gasteiger partial charge in [0.2, 0.25) is 15.9 Å². The van der Waals surface area contributed by atoms with Crippen LogP contribution in [-0.2, 0) is 19.6 Å². The molecular formula is C21H34N4O4S. The number of ether oxygens (including phenoxy) is 1. The van der Waals surface area contributed by atoms with E-state index in [-0.39, 0.29) is 16.8 Å². The third-order valence-corrected chi connectivity index (χ3v) is 7.63. The Balaban J connectivity index is 1.60. The molecule has 30 heavy (non-hydrogen) atoms. The minimum atomic E-state index is -3.59. The Morgan fingerprint density at radius 1 is 1.10 bits per heavy atom. The second kappa shape index (κ2) is 10.2. The molecule has 0 saturated carbocycles. The number of nitrogens with zero attached hydrogens (tertiary/aromatic N) is 2. The molecule has 168 valence electrons. The van der Waals surface area contributed by atoms with E-state index >= 15 is 0 Å². The van der Waals surface area contributed by atoms with Gasteiger partial charge in [0.15, 0.2) is 0 Å². The lowest BCUT2D eigenvalue weighted by Crippen LogP contribution is -2.50. The van der Waals surface area contributed by atoms with Gasteiger partial charge in [0.25, 0.3) is 0 Å². The summed E-state index contributed by atoms with van der Waals surface area (Å²) in [4.78, 5) is 15.2. The summed E-state index contributed by atoms with van der Waals surface area (Å²) in [6, 6.07) is 7.18. The number of carbonyl (C=O) groups is 1. The van der Waals surface area contributed by atoms with Crippen molar-refractivity contribution in [1.29, 1.82) is 0 Å². The second-order valence-corrected chi connectivity index (χ2v) is 10.3. The van der Waals surface area contributed by atoms with Crippen LogP contribution in [-0.4, -0.2) is 81.0 Å². The van der Waals surface area contributed by atoms with Gasteiger partial charge in [0, 0.05) is 44.0 Å². The molecule has 2 saturated heterocycles. The maximum atomic E-state index is 12.9. The number of piperidine rings is 1. The van der Waals surface area contributed by atoms with E-state index in [4.69, 9.17) is 4.74 Å². The van der Waals surface area contributed by atoms with E-state index < -0.39 is 10.0 Å². The van der Waals surface area contributed by atoms with Crippen molar-refractivity contribution in [3.63, 3.8) is 0 Å². The van der Waals surface area contributed by atoms with Gasteiger partial charge in [-0.2, -0.15) is 4.31 Å². The van der Waals surface area contributed by atoms with E-state index in [0.717, 1.165) is 25.9 Å². The third kappa shape index (κ3) is 5.79. The maximum absolute atomic E-state index is 12.9. The summed E-state index contributed by atoms with van der Waals surface area (Å²) in [5.41, 5.74) is 0.498. The second-order valence-electron chi connectivity index (χ2n) is 8.34. The van der Waals surface area contributed by atoms with Crippen LogP contribution in [0.25, 0.3) is 0 Å². The zero-order chi connectivity index (χ0) is 21.7. The highest BCUT2D eigenvalue weighted by molar-refractivity contribution is 7.89. The fourth-order valence-corrected chi connectivity index (χ4v) is 5.46. The van der Waals surface area contributed by atoms with Gasteiger partial charge in [-0.15, -0.1) is 0 Å². The first-order valence-corrected chi connectivity index (χ1v) is 12.2. The van der Waals surface area contributed by atoms with Gasteiger partial charge in [-0.3, -0.25) is 9.69 Å². The van der Waals surface area contributed by atoms with Crippen molar-refractivity contribution < 1.29 is 17.9 Å². The summed E-state index contributed by atoms with van der Waals surface area (Å²) in [6.45, 7) is 9.42. The van der Waals surface area contributed by atoms with E-state index in [0.29, 0.717) is 44.1 Å². The summed E-state index contributed by atoms with van der Waals surface area (Å²) < 4.78 is 32.4. The van der Waals surface area contributed by atoms with Crippen LogP contribution < -0.4 is 10.6 Å². The molecule has 9 heteroatoms. The highest BCUT2D eigenvalue weighted by Crippen LogP contribution is 2.21. The fraction of sp³-hybridized carbons (Fsp3) is 0.667. The molecule has 1 aromatic rings. The van der Waals surface area contributed by atoms with Crippen LogP contribution in [0.15, 0.2) is 29.2 Å². The molecule has 8 nitrogen and oxygen atoms in total. The molecule has 1 aromatic carbocycles. The normalized spacial score (nSPS) is 20.9. The van der Waals surface area contributed by atoms with Crippen LogP contribution in [0.3, 0.4) is 0 Å². The third-order valence-electron chi connectivity index (χ3n) is 5.74. The van der Waals surface area contributed by atoms with Gasteiger partial charge < -0.3 is 15.4 Å². The first kappa shape index (κ1) is 23.1. The Morgan fingerprint density at radius 2 is 1.77 bits per heavy atom. The predicted octanol–water partition coefficient (Wildman–Crippen LogP) is 1.50. The molecular weight excluding hydrogens is 404 g/mol. The van der Waals surface area contributed by atoms with Crippen molar-refractivity contribution in [2.75, 3.05) is 44.7 Å². The van der Waals surface area contributed by atoms with E-state index in [2.05, 4.69) is 29.4 Å². The van der Waals surface area contributed by atoms with Crippen LogP contribution in [0.1, 0.15) is 33.6 Å². The van der Waals surface area contributed by atoms with Crippen molar-refractivity contribution in [3.05, 3.63) is 24.3 Å². The SMILES string of the molecule is CC(C)NC1CCN(C(C)C(=O)Nc2cccc(S(=O)(=O)N3CCOCC3)c2)CC1. The predicted molar refractivity (Wildman–Crippen MR) is 117 cm³/mol. The Bertz CT molecular complexity index is 816. The van der Waals surface area contributed by atoms with Crippen molar-refractivity contribution in [2.24, 2.45) is 0 Å². The number of morpholine rings is 1. The zero-order valence-corrected chi connectivity index (χ0v) is 19.0. The van der Waals surface area contributed by atoms with Crippen LogP contribution >= 0.6 is 0 Å². The monoisotopic (exact) mass is 438 g/mol. The average molecular weight is 439 g/mol. The molecule has 0 radical (unpaired) electrons. The molecule has 2 N–H and O–H groups in total. The summed E-state index contributed by atoms with van der Waals surface area (Å²) in [5, 5.41) is 6.46. The number of hydrogen-bond acceptors (Lipinski definition) is 6. The first-order valence-electron chi connectivity index (χ1n) is 10.8. The van der Waals surface area contributed by atoms with E-state index in [1.165, 1.54) is 10.4 Å². The standard InChI is InChI=1S/C21H34N4O4S/c1-16(2)22-18-7-9-24(10-8-18)17(3)21(26)23-19-5-4-6-20(15-19)30(27,28)25-11-13-29-14-12-25/h4-6,15-18,22H,7-14H2,1-3H3,(H,23,26).